The van der Waals surface area contributed by atoms with Gasteiger partial charge >= 0.3 is 0 Å². The average Bonchev–Trinajstić information content (AvgIpc) is 3.23. The monoisotopic (exact) mass is 457 g/mol. The van der Waals surface area contributed by atoms with Crippen LogP contribution in [0.3, 0.4) is 0 Å². The van der Waals surface area contributed by atoms with Crippen molar-refractivity contribution in [3.8, 4) is 11.5 Å². The van der Waals surface area contributed by atoms with Crippen molar-refractivity contribution in [2.24, 2.45) is 0 Å². The van der Waals surface area contributed by atoms with Gasteiger partial charge in [-0.15, -0.1) is 0 Å². The zero-order valence-corrected chi connectivity index (χ0v) is 19.0. The Balaban J connectivity index is 1.42. The number of sulfonamides is 1. The summed E-state index contributed by atoms with van der Waals surface area (Å²) < 4.78 is 38.3. The van der Waals surface area contributed by atoms with Crippen LogP contribution < -0.4 is 9.47 Å². The van der Waals surface area contributed by atoms with Crippen molar-refractivity contribution in [3.63, 3.8) is 0 Å². The van der Waals surface area contributed by atoms with Crippen LogP contribution in [0.2, 0.25) is 0 Å². The summed E-state index contributed by atoms with van der Waals surface area (Å²) in [6.07, 6.45) is 0. The Kier molecular flexibility index (Phi) is 6.38. The first-order chi connectivity index (χ1) is 15.4. The number of carbonyl (C=O) groups is 1. The number of H-pyrrole nitrogens is 1. The highest BCUT2D eigenvalue weighted by Gasteiger charge is 2.31. The third-order valence-electron chi connectivity index (χ3n) is 5.43. The molecule has 32 heavy (non-hydrogen) atoms. The second-order valence-electron chi connectivity index (χ2n) is 7.47. The molecule has 1 amide bonds. The van der Waals surface area contributed by atoms with Gasteiger partial charge in [0, 0.05) is 43.1 Å². The van der Waals surface area contributed by atoms with Crippen LogP contribution in [0.4, 0.5) is 0 Å². The number of benzene rings is 2. The Morgan fingerprint density at radius 1 is 0.906 bits per heavy atom. The van der Waals surface area contributed by atoms with Crippen molar-refractivity contribution in [1.29, 1.82) is 0 Å². The van der Waals surface area contributed by atoms with Gasteiger partial charge in [-0.25, -0.2) is 8.42 Å². The molecule has 1 N–H and O–H groups in total. The Morgan fingerprint density at radius 2 is 1.53 bits per heavy atom. The van der Waals surface area contributed by atoms with Gasteiger partial charge in [0.05, 0.1) is 18.1 Å². The van der Waals surface area contributed by atoms with Crippen LogP contribution >= 0.6 is 0 Å². The zero-order chi connectivity index (χ0) is 22.7. The zero-order valence-electron chi connectivity index (χ0n) is 18.2. The van der Waals surface area contributed by atoms with E-state index in [4.69, 9.17) is 9.47 Å². The van der Waals surface area contributed by atoms with Crippen molar-refractivity contribution in [2.75, 3.05) is 39.4 Å². The number of ether oxygens (including phenoxy) is 2. The van der Waals surface area contributed by atoms with Gasteiger partial charge in [-0.05, 0) is 56.3 Å². The topological polar surface area (TPSA) is 91.9 Å². The molecule has 170 valence electrons. The second kappa shape index (κ2) is 9.22. The summed E-state index contributed by atoms with van der Waals surface area (Å²) in [5.41, 5.74) is 1.31. The summed E-state index contributed by atoms with van der Waals surface area (Å²) in [6, 6.07) is 13.9. The number of hydrogen-bond acceptors (Lipinski definition) is 5. The lowest BCUT2D eigenvalue weighted by Gasteiger charge is -2.33. The standard InChI is InChI=1S/C23H27N3O5S/c1-3-30-18-7-9-20(10-8-18)32(28,29)26-13-11-25(12-14-26)23(27)22-15-17-5-6-19(31-4-2)16-21(17)24-22/h5-10,15-16,24H,3-4,11-14H2,1-2H3. The van der Waals surface area contributed by atoms with Crippen molar-refractivity contribution in [1.82, 2.24) is 14.2 Å². The third-order valence-corrected chi connectivity index (χ3v) is 7.35. The fourth-order valence-corrected chi connectivity index (χ4v) is 5.23. The molecule has 0 aliphatic carbocycles. The molecule has 1 saturated heterocycles. The number of piperazine rings is 1. The molecule has 0 saturated carbocycles. The van der Waals surface area contributed by atoms with E-state index in [0.29, 0.717) is 37.7 Å². The number of hydrogen-bond donors (Lipinski definition) is 1. The van der Waals surface area contributed by atoms with E-state index in [1.165, 1.54) is 4.31 Å². The van der Waals surface area contributed by atoms with Crippen LogP contribution in [0, 0.1) is 0 Å². The van der Waals surface area contributed by atoms with E-state index in [1.54, 1.807) is 29.2 Å². The molecule has 0 radical (unpaired) electrons. The van der Waals surface area contributed by atoms with E-state index in [1.807, 2.05) is 38.1 Å². The lowest BCUT2D eigenvalue weighted by Crippen LogP contribution is -2.50. The maximum Gasteiger partial charge on any atom is 0.270 e. The molecule has 1 aromatic heterocycles. The molecule has 0 atom stereocenters. The van der Waals surface area contributed by atoms with Gasteiger partial charge in [0.15, 0.2) is 0 Å². The molecular weight excluding hydrogens is 430 g/mol. The average molecular weight is 458 g/mol. The number of carbonyl (C=O) groups excluding carboxylic acids is 1. The minimum Gasteiger partial charge on any atom is -0.494 e. The minimum atomic E-state index is -3.62. The SMILES string of the molecule is CCOc1ccc(S(=O)(=O)N2CCN(C(=O)c3cc4ccc(OCC)cc4[nH]3)CC2)cc1. The Bertz CT molecular complexity index is 1200. The molecule has 0 unspecified atom stereocenters. The number of amides is 1. The molecule has 0 bridgehead atoms. The predicted octanol–water partition coefficient (Wildman–Crippen LogP) is 3.11. The normalized spacial score (nSPS) is 15.1. The molecular formula is C23H27N3O5S. The molecule has 8 nitrogen and oxygen atoms in total. The van der Waals surface area contributed by atoms with E-state index < -0.39 is 10.0 Å². The summed E-state index contributed by atoms with van der Waals surface area (Å²) in [6.45, 7) is 6.03. The van der Waals surface area contributed by atoms with E-state index >= 15 is 0 Å². The summed E-state index contributed by atoms with van der Waals surface area (Å²) in [7, 11) is -3.62. The Labute approximate surface area is 187 Å². The lowest BCUT2D eigenvalue weighted by atomic mass is 10.2. The molecule has 9 heteroatoms. The van der Waals surface area contributed by atoms with Crippen molar-refractivity contribution in [3.05, 3.63) is 54.2 Å². The predicted molar refractivity (Wildman–Crippen MR) is 122 cm³/mol. The molecule has 1 aliphatic rings. The maximum absolute atomic E-state index is 13.0. The molecule has 2 heterocycles. The van der Waals surface area contributed by atoms with Gasteiger partial charge in [-0.2, -0.15) is 4.31 Å². The quantitative estimate of drug-likeness (QED) is 0.589. The fraction of sp³-hybridized carbons (Fsp3) is 0.348. The van der Waals surface area contributed by atoms with Crippen molar-refractivity contribution >= 4 is 26.8 Å². The summed E-state index contributed by atoms with van der Waals surface area (Å²) in [5.74, 6) is 1.24. The van der Waals surface area contributed by atoms with E-state index in [-0.39, 0.29) is 23.9 Å². The highest BCUT2D eigenvalue weighted by molar-refractivity contribution is 7.89. The fourth-order valence-electron chi connectivity index (χ4n) is 3.80. The molecule has 1 aliphatic heterocycles. The number of aromatic nitrogens is 1. The van der Waals surface area contributed by atoms with E-state index in [9.17, 15) is 13.2 Å². The van der Waals surface area contributed by atoms with E-state index in [2.05, 4.69) is 4.98 Å². The smallest absolute Gasteiger partial charge is 0.270 e. The summed E-state index contributed by atoms with van der Waals surface area (Å²) in [5, 5.41) is 0.925. The Morgan fingerprint density at radius 3 is 2.19 bits per heavy atom. The minimum absolute atomic E-state index is 0.141. The molecule has 4 rings (SSSR count). The van der Waals surface area contributed by atoms with Gasteiger partial charge in [0.25, 0.3) is 5.91 Å². The van der Waals surface area contributed by atoms with Crippen LogP contribution in [0.15, 0.2) is 53.4 Å². The summed E-state index contributed by atoms with van der Waals surface area (Å²) in [4.78, 5) is 18.0. The van der Waals surface area contributed by atoms with Gasteiger partial charge < -0.3 is 19.4 Å². The van der Waals surface area contributed by atoms with Gasteiger partial charge in [-0.3, -0.25) is 4.79 Å². The van der Waals surface area contributed by atoms with Crippen LogP contribution in [-0.4, -0.2) is 67.9 Å². The van der Waals surface area contributed by atoms with Gasteiger partial charge in [0.1, 0.15) is 17.2 Å². The van der Waals surface area contributed by atoms with Crippen LogP contribution in [0.25, 0.3) is 10.9 Å². The number of fused-ring (bicyclic) bond motifs is 1. The van der Waals surface area contributed by atoms with Crippen molar-refractivity contribution in [2.45, 2.75) is 18.7 Å². The molecule has 2 aromatic carbocycles. The van der Waals surface area contributed by atoms with E-state index in [0.717, 1.165) is 16.7 Å². The molecule has 1 fully saturated rings. The lowest BCUT2D eigenvalue weighted by molar-refractivity contribution is 0.0693. The number of nitrogens with one attached hydrogen (secondary N) is 1. The molecule has 0 spiro atoms. The third kappa shape index (κ3) is 4.44. The first-order valence-corrected chi connectivity index (χ1v) is 12.1. The Hall–Kier alpha value is -3.04. The number of rotatable bonds is 7. The molecule has 3 aromatic rings. The maximum atomic E-state index is 13.0. The number of nitrogens with zero attached hydrogens (tertiary/aromatic N) is 2. The first-order valence-electron chi connectivity index (χ1n) is 10.7. The van der Waals surface area contributed by atoms with Crippen LogP contribution in [0.5, 0.6) is 11.5 Å². The van der Waals surface area contributed by atoms with Crippen LogP contribution in [-0.2, 0) is 10.0 Å². The second-order valence-corrected chi connectivity index (χ2v) is 9.40. The summed E-state index contributed by atoms with van der Waals surface area (Å²) >= 11 is 0. The number of aromatic amines is 1. The first kappa shape index (κ1) is 22.2. The highest BCUT2D eigenvalue weighted by Crippen LogP contribution is 2.24. The largest absolute Gasteiger partial charge is 0.494 e. The highest BCUT2D eigenvalue weighted by atomic mass is 32.2. The van der Waals surface area contributed by atoms with Crippen molar-refractivity contribution < 1.29 is 22.7 Å². The van der Waals surface area contributed by atoms with Gasteiger partial charge in [-0.1, -0.05) is 0 Å². The van der Waals surface area contributed by atoms with Crippen LogP contribution in [0.1, 0.15) is 24.3 Å². The van der Waals surface area contributed by atoms with Gasteiger partial charge in [0.2, 0.25) is 10.0 Å².